The molecule has 0 aliphatic heterocycles. The predicted molar refractivity (Wildman–Crippen MR) is 116 cm³/mol. The maximum absolute atomic E-state index is 12.2. The van der Waals surface area contributed by atoms with E-state index in [1.807, 2.05) is 48.3 Å². The van der Waals surface area contributed by atoms with Gasteiger partial charge >= 0.3 is 5.97 Å². The molecule has 28 heavy (non-hydrogen) atoms. The lowest BCUT2D eigenvalue weighted by atomic mass is 10.1. The van der Waals surface area contributed by atoms with Crippen molar-refractivity contribution in [2.24, 2.45) is 0 Å². The number of hydrogen-bond acceptors (Lipinski definition) is 5. The monoisotopic (exact) mass is 414 g/mol. The Labute approximate surface area is 173 Å². The molecule has 0 bridgehead atoms. The standard InChI is InChI=1S/C20H22N4O2S2/c1-3-24-13-15(12-22-24)11-21-20(27)23-18-17(19(25)26-2)10-16(28-18)9-14-7-5-4-6-8-14/h4-8,10,12-13H,3,9,11H2,1-2H3,(H2,21,23,27). The molecular formula is C20H22N4O2S2. The maximum Gasteiger partial charge on any atom is 0.340 e. The number of nitrogens with one attached hydrogen (secondary N) is 2. The number of nitrogens with zero attached hydrogens (tertiary/aromatic N) is 2. The van der Waals surface area contributed by atoms with E-state index in [4.69, 9.17) is 17.0 Å². The Morgan fingerprint density at radius 1 is 1.29 bits per heavy atom. The minimum absolute atomic E-state index is 0.384. The van der Waals surface area contributed by atoms with Crippen LogP contribution in [-0.2, 0) is 24.2 Å². The summed E-state index contributed by atoms with van der Waals surface area (Å²) in [6, 6.07) is 12.0. The average Bonchev–Trinajstić information content (AvgIpc) is 3.33. The molecule has 1 aromatic carbocycles. The van der Waals surface area contributed by atoms with Crippen molar-refractivity contribution in [2.45, 2.75) is 26.4 Å². The van der Waals surface area contributed by atoms with Gasteiger partial charge in [-0.3, -0.25) is 4.68 Å². The molecule has 3 aromatic rings. The molecule has 146 valence electrons. The van der Waals surface area contributed by atoms with Crippen molar-refractivity contribution in [3.63, 3.8) is 0 Å². The number of hydrogen-bond donors (Lipinski definition) is 2. The minimum atomic E-state index is -0.384. The third-order valence-corrected chi connectivity index (χ3v) is 5.40. The van der Waals surface area contributed by atoms with Crippen LogP contribution in [0.5, 0.6) is 0 Å². The van der Waals surface area contributed by atoms with Gasteiger partial charge in [-0.1, -0.05) is 30.3 Å². The number of carbonyl (C=O) groups excluding carboxylic acids is 1. The first-order valence-corrected chi connectivity index (χ1v) is 10.1. The van der Waals surface area contributed by atoms with Gasteiger partial charge in [-0.05, 0) is 30.8 Å². The van der Waals surface area contributed by atoms with Crippen LogP contribution in [0.1, 0.15) is 33.3 Å². The Hall–Kier alpha value is -2.71. The summed E-state index contributed by atoms with van der Waals surface area (Å²) >= 11 is 6.90. The van der Waals surface area contributed by atoms with E-state index in [1.54, 1.807) is 0 Å². The van der Waals surface area contributed by atoms with Gasteiger partial charge in [0.05, 0.1) is 18.9 Å². The molecule has 0 aliphatic carbocycles. The first-order chi connectivity index (χ1) is 13.6. The molecular weight excluding hydrogens is 392 g/mol. The van der Waals surface area contributed by atoms with Crippen molar-refractivity contribution in [3.05, 3.63) is 70.4 Å². The number of methoxy groups -OCH3 is 1. The molecule has 8 heteroatoms. The topological polar surface area (TPSA) is 68.2 Å². The van der Waals surface area contributed by atoms with Gasteiger partial charge in [0.15, 0.2) is 5.11 Å². The number of rotatable bonds is 7. The molecule has 0 unspecified atom stereocenters. The van der Waals surface area contributed by atoms with Gasteiger partial charge in [-0.25, -0.2) is 4.79 Å². The number of thiocarbonyl (C=S) groups is 1. The van der Waals surface area contributed by atoms with Crippen LogP contribution in [0.15, 0.2) is 48.8 Å². The summed E-state index contributed by atoms with van der Waals surface area (Å²) in [5, 5.41) is 11.7. The molecule has 0 saturated carbocycles. The second kappa shape index (κ2) is 9.48. The maximum atomic E-state index is 12.2. The van der Waals surface area contributed by atoms with Crippen molar-refractivity contribution in [3.8, 4) is 0 Å². The number of aryl methyl sites for hydroxylation is 1. The number of aromatic nitrogens is 2. The highest BCUT2D eigenvalue weighted by Crippen LogP contribution is 2.30. The zero-order chi connectivity index (χ0) is 19.9. The van der Waals surface area contributed by atoms with Crippen LogP contribution in [0.3, 0.4) is 0 Å². The summed E-state index contributed by atoms with van der Waals surface area (Å²) in [5.41, 5.74) is 2.71. The van der Waals surface area contributed by atoms with Gasteiger partial charge in [-0.2, -0.15) is 5.10 Å². The molecule has 2 aromatic heterocycles. The fourth-order valence-electron chi connectivity index (χ4n) is 2.68. The Balaban J connectivity index is 1.68. The lowest BCUT2D eigenvalue weighted by molar-refractivity contribution is 0.0602. The molecule has 0 fully saturated rings. The van der Waals surface area contributed by atoms with E-state index in [2.05, 4.69) is 27.9 Å². The smallest absolute Gasteiger partial charge is 0.340 e. The average molecular weight is 415 g/mol. The summed E-state index contributed by atoms with van der Waals surface area (Å²) in [6.45, 7) is 3.42. The van der Waals surface area contributed by atoms with Gasteiger partial charge in [0.1, 0.15) is 5.00 Å². The van der Waals surface area contributed by atoms with Crippen LogP contribution < -0.4 is 10.6 Å². The number of ether oxygens (including phenoxy) is 1. The van der Waals surface area contributed by atoms with Crippen LogP contribution in [0.4, 0.5) is 5.00 Å². The molecule has 0 amide bonds. The molecule has 2 heterocycles. The molecule has 0 aliphatic rings. The Bertz CT molecular complexity index is 950. The van der Waals surface area contributed by atoms with E-state index in [-0.39, 0.29) is 5.97 Å². The molecule has 3 rings (SSSR count). The fraction of sp³-hybridized carbons (Fsp3) is 0.250. The van der Waals surface area contributed by atoms with Crippen LogP contribution in [-0.4, -0.2) is 28.0 Å². The van der Waals surface area contributed by atoms with Gasteiger partial charge < -0.3 is 15.4 Å². The molecule has 0 radical (unpaired) electrons. The van der Waals surface area contributed by atoms with E-state index >= 15 is 0 Å². The molecule has 6 nitrogen and oxygen atoms in total. The molecule has 2 N–H and O–H groups in total. The van der Waals surface area contributed by atoms with Crippen LogP contribution in [0, 0.1) is 0 Å². The minimum Gasteiger partial charge on any atom is -0.465 e. The van der Waals surface area contributed by atoms with Crippen molar-refractivity contribution < 1.29 is 9.53 Å². The van der Waals surface area contributed by atoms with Crippen molar-refractivity contribution >= 4 is 39.6 Å². The van der Waals surface area contributed by atoms with Gasteiger partial charge in [0.2, 0.25) is 0 Å². The Kier molecular flexibility index (Phi) is 6.78. The zero-order valence-corrected chi connectivity index (χ0v) is 17.4. The number of thiophene rings is 1. The molecule has 0 spiro atoms. The summed E-state index contributed by atoms with van der Waals surface area (Å²) in [5.74, 6) is -0.384. The SMILES string of the molecule is CCn1cc(CNC(=S)Nc2sc(Cc3ccccc3)cc2C(=O)OC)cn1. The number of benzene rings is 1. The third kappa shape index (κ3) is 5.17. The van der Waals surface area contributed by atoms with Crippen molar-refractivity contribution in [1.82, 2.24) is 15.1 Å². The molecule has 0 saturated heterocycles. The Morgan fingerprint density at radius 3 is 2.75 bits per heavy atom. The summed E-state index contributed by atoms with van der Waals surface area (Å²) in [7, 11) is 1.38. The second-order valence-electron chi connectivity index (χ2n) is 6.12. The van der Waals surface area contributed by atoms with E-state index < -0.39 is 0 Å². The number of anilines is 1. The second-order valence-corrected chi connectivity index (χ2v) is 7.67. The zero-order valence-electron chi connectivity index (χ0n) is 15.8. The third-order valence-electron chi connectivity index (χ3n) is 4.10. The number of esters is 1. The van der Waals surface area contributed by atoms with E-state index in [0.717, 1.165) is 23.4 Å². The highest BCUT2D eigenvalue weighted by molar-refractivity contribution is 7.80. The van der Waals surface area contributed by atoms with Gasteiger partial charge in [0, 0.05) is 36.1 Å². The van der Waals surface area contributed by atoms with E-state index in [1.165, 1.54) is 24.0 Å². The van der Waals surface area contributed by atoms with Gasteiger partial charge in [0.25, 0.3) is 0 Å². The summed E-state index contributed by atoms with van der Waals surface area (Å²) in [4.78, 5) is 13.2. The highest BCUT2D eigenvalue weighted by Gasteiger charge is 2.18. The lowest BCUT2D eigenvalue weighted by Gasteiger charge is -2.09. The molecule has 0 atom stereocenters. The Morgan fingerprint density at radius 2 is 2.07 bits per heavy atom. The summed E-state index contributed by atoms with van der Waals surface area (Å²) in [6.07, 6.45) is 4.52. The van der Waals surface area contributed by atoms with E-state index in [0.29, 0.717) is 22.2 Å². The van der Waals surface area contributed by atoms with Crippen molar-refractivity contribution in [1.29, 1.82) is 0 Å². The first kappa shape index (κ1) is 20.0. The quantitative estimate of drug-likeness (QED) is 0.452. The normalized spacial score (nSPS) is 10.5. The fourth-order valence-corrected chi connectivity index (χ4v) is 4.00. The van der Waals surface area contributed by atoms with Crippen LogP contribution in [0.2, 0.25) is 0 Å². The van der Waals surface area contributed by atoms with E-state index in [9.17, 15) is 4.79 Å². The summed E-state index contributed by atoms with van der Waals surface area (Å²) < 4.78 is 6.78. The first-order valence-electron chi connectivity index (χ1n) is 8.90. The van der Waals surface area contributed by atoms with Gasteiger partial charge in [-0.15, -0.1) is 11.3 Å². The largest absolute Gasteiger partial charge is 0.465 e. The van der Waals surface area contributed by atoms with Crippen LogP contribution >= 0.6 is 23.6 Å². The predicted octanol–water partition coefficient (Wildman–Crippen LogP) is 3.83. The lowest BCUT2D eigenvalue weighted by Crippen LogP contribution is -2.28. The number of carbonyl (C=O) groups is 1. The van der Waals surface area contributed by atoms with Crippen LogP contribution in [0.25, 0.3) is 0 Å². The van der Waals surface area contributed by atoms with Crippen molar-refractivity contribution in [2.75, 3.05) is 12.4 Å². The highest BCUT2D eigenvalue weighted by atomic mass is 32.1.